The van der Waals surface area contributed by atoms with Crippen molar-refractivity contribution in [1.29, 1.82) is 0 Å². The Hall–Kier alpha value is -2.54. The van der Waals surface area contributed by atoms with E-state index < -0.39 is 0 Å². The van der Waals surface area contributed by atoms with Crippen molar-refractivity contribution in [1.82, 2.24) is 14.7 Å². The molecule has 7 heteroatoms. The maximum Gasteiger partial charge on any atom is 0.244 e. The van der Waals surface area contributed by atoms with Crippen LogP contribution in [0.2, 0.25) is 0 Å². The van der Waals surface area contributed by atoms with Crippen LogP contribution in [0, 0.1) is 0 Å². The van der Waals surface area contributed by atoms with Crippen LogP contribution in [-0.2, 0) is 16.1 Å². The summed E-state index contributed by atoms with van der Waals surface area (Å²) < 4.78 is 18.7. The maximum absolute atomic E-state index is 12.5. The molecule has 1 aliphatic rings. The van der Waals surface area contributed by atoms with Crippen LogP contribution in [0.5, 0.6) is 11.5 Å². The van der Waals surface area contributed by atoms with Crippen molar-refractivity contribution < 1.29 is 19.0 Å². The number of carbonyl (C=O) groups is 1. The van der Waals surface area contributed by atoms with Crippen LogP contribution in [0.1, 0.15) is 26.7 Å². The smallest absolute Gasteiger partial charge is 0.244 e. The van der Waals surface area contributed by atoms with Crippen molar-refractivity contribution in [2.45, 2.75) is 39.5 Å². The van der Waals surface area contributed by atoms with Gasteiger partial charge in [0, 0.05) is 31.3 Å². The molecule has 0 unspecified atom stereocenters. The first-order valence-electron chi connectivity index (χ1n) is 9.42. The van der Waals surface area contributed by atoms with Gasteiger partial charge in [0.2, 0.25) is 5.91 Å². The van der Waals surface area contributed by atoms with E-state index in [0.29, 0.717) is 31.2 Å². The van der Waals surface area contributed by atoms with Gasteiger partial charge < -0.3 is 19.1 Å². The SMILES string of the molecule is CCN(CC)C(=O)Cn1nccc1-c1ccc(OC)c(O[C@H]2CCCO2)c1. The van der Waals surface area contributed by atoms with E-state index in [2.05, 4.69) is 5.10 Å². The monoisotopic (exact) mass is 373 g/mol. The number of rotatable bonds is 8. The Balaban J connectivity index is 1.84. The number of amides is 1. The van der Waals surface area contributed by atoms with Gasteiger partial charge in [-0.05, 0) is 44.5 Å². The van der Waals surface area contributed by atoms with Crippen LogP contribution in [0.3, 0.4) is 0 Å². The first kappa shape index (κ1) is 19.2. The minimum atomic E-state index is -0.247. The predicted molar refractivity (Wildman–Crippen MR) is 102 cm³/mol. The van der Waals surface area contributed by atoms with Crippen LogP contribution in [-0.4, -0.2) is 53.7 Å². The highest BCUT2D eigenvalue weighted by molar-refractivity contribution is 5.77. The standard InChI is InChI=1S/C20H27N3O4/c1-4-22(5-2)19(24)14-23-16(10-11-21-23)15-8-9-17(25-3)18(13-15)27-20-7-6-12-26-20/h8-11,13,20H,4-7,12,14H2,1-3H3/t20-/m0/s1. The number of likely N-dealkylation sites (N-methyl/N-ethyl adjacent to an activating group) is 1. The molecule has 0 N–H and O–H groups in total. The van der Waals surface area contributed by atoms with Gasteiger partial charge in [-0.15, -0.1) is 0 Å². The van der Waals surface area contributed by atoms with E-state index in [-0.39, 0.29) is 18.7 Å². The summed E-state index contributed by atoms with van der Waals surface area (Å²) in [6.45, 7) is 6.25. The molecule has 1 aliphatic heterocycles. The molecule has 7 nitrogen and oxygen atoms in total. The van der Waals surface area contributed by atoms with Crippen LogP contribution in [0.15, 0.2) is 30.5 Å². The number of carbonyl (C=O) groups excluding carboxylic acids is 1. The van der Waals surface area contributed by atoms with Crippen molar-refractivity contribution in [3.8, 4) is 22.8 Å². The Kier molecular flexibility index (Phi) is 6.34. The van der Waals surface area contributed by atoms with E-state index in [4.69, 9.17) is 14.2 Å². The highest BCUT2D eigenvalue weighted by atomic mass is 16.7. The number of aromatic nitrogens is 2. The first-order chi connectivity index (χ1) is 13.2. The Bertz CT molecular complexity index is 764. The number of nitrogens with zero attached hydrogens (tertiary/aromatic N) is 3. The summed E-state index contributed by atoms with van der Waals surface area (Å²) >= 11 is 0. The number of benzene rings is 1. The third kappa shape index (κ3) is 4.42. The van der Waals surface area contributed by atoms with E-state index in [1.54, 1.807) is 22.9 Å². The van der Waals surface area contributed by atoms with E-state index in [1.807, 2.05) is 38.1 Å². The lowest BCUT2D eigenvalue weighted by atomic mass is 10.1. The molecule has 1 fully saturated rings. The average molecular weight is 373 g/mol. The molecular weight excluding hydrogens is 346 g/mol. The lowest BCUT2D eigenvalue weighted by Crippen LogP contribution is -2.33. The van der Waals surface area contributed by atoms with Crippen molar-refractivity contribution in [2.75, 3.05) is 26.8 Å². The molecule has 0 saturated carbocycles. The minimum absolute atomic E-state index is 0.0503. The molecule has 1 aromatic heterocycles. The molecule has 0 radical (unpaired) electrons. The van der Waals surface area contributed by atoms with Crippen molar-refractivity contribution in [2.24, 2.45) is 0 Å². The number of methoxy groups -OCH3 is 1. The quantitative estimate of drug-likeness (QED) is 0.712. The molecule has 1 aromatic carbocycles. The van der Waals surface area contributed by atoms with Crippen LogP contribution in [0.4, 0.5) is 0 Å². The highest BCUT2D eigenvalue weighted by Gasteiger charge is 2.20. The van der Waals surface area contributed by atoms with Gasteiger partial charge in [0.25, 0.3) is 0 Å². The van der Waals surface area contributed by atoms with Gasteiger partial charge >= 0.3 is 0 Å². The van der Waals surface area contributed by atoms with E-state index in [9.17, 15) is 4.79 Å². The summed E-state index contributed by atoms with van der Waals surface area (Å²) in [4.78, 5) is 14.3. The summed E-state index contributed by atoms with van der Waals surface area (Å²) in [6.07, 6.45) is 3.31. The van der Waals surface area contributed by atoms with Crippen LogP contribution in [0.25, 0.3) is 11.3 Å². The van der Waals surface area contributed by atoms with Gasteiger partial charge in [-0.25, -0.2) is 0 Å². The molecule has 1 amide bonds. The maximum atomic E-state index is 12.5. The van der Waals surface area contributed by atoms with Gasteiger partial charge in [-0.1, -0.05) is 0 Å². The summed E-state index contributed by atoms with van der Waals surface area (Å²) in [5.41, 5.74) is 1.77. The van der Waals surface area contributed by atoms with Gasteiger partial charge in [0.1, 0.15) is 6.54 Å². The lowest BCUT2D eigenvalue weighted by molar-refractivity contribution is -0.131. The highest BCUT2D eigenvalue weighted by Crippen LogP contribution is 2.34. The molecular formula is C20H27N3O4. The summed E-state index contributed by atoms with van der Waals surface area (Å²) in [5.74, 6) is 1.33. The second kappa shape index (κ2) is 8.90. The van der Waals surface area contributed by atoms with Crippen LogP contribution >= 0.6 is 0 Å². The fourth-order valence-electron chi connectivity index (χ4n) is 3.22. The molecule has 2 aromatic rings. The third-order valence-electron chi connectivity index (χ3n) is 4.72. The van der Waals surface area contributed by atoms with Crippen molar-refractivity contribution >= 4 is 5.91 Å². The average Bonchev–Trinajstić information content (AvgIpc) is 3.35. The fraction of sp³-hybridized carbons (Fsp3) is 0.500. The zero-order valence-corrected chi connectivity index (χ0v) is 16.2. The number of ether oxygens (including phenoxy) is 3. The van der Waals surface area contributed by atoms with Gasteiger partial charge in [0.05, 0.1) is 19.4 Å². The van der Waals surface area contributed by atoms with Gasteiger partial charge in [-0.2, -0.15) is 5.10 Å². The summed E-state index contributed by atoms with van der Waals surface area (Å²) in [7, 11) is 1.62. The zero-order chi connectivity index (χ0) is 19.2. The normalized spacial score (nSPS) is 16.3. The van der Waals surface area contributed by atoms with Crippen LogP contribution < -0.4 is 9.47 Å². The second-order valence-corrected chi connectivity index (χ2v) is 6.37. The molecule has 1 atom stereocenters. The van der Waals surface area contributed by atoms with Gasteiger partial charge in [0.15, 0.2) is 17.8 Å². The van der Waals surface area contributed by atoms with E-state index in [0.717, 1.165) is 24.1 Å². The first-order valence-corrected chi connectivity index (χ1v) is 9.42. The zero-order valence-electron chi connectivity index (χ0n) is 16.2. The van der Waals surface area contributed by atoms with E-state index in [1.165, 1.54) is 0 Å². The summed E-state index contributed by atoms with van der Waals surface area (Å²) in [6, 6.07) is 7.61. The Morgan fingerprint density at radius 1 is 1.30 bits per heavy atom. The molecule has 0 spiro atoms. The number of hydrogen-bond acceptors (Lipinski definition) is 5. The van der Waals surface area contributed by atoms with Crippen molar-refractivity contribution in [3.05, 3.63) is 30.5 Å². The third-order valence-corrected chi connectivity index (χ3v) is 4.72. The van der Waals surface area contributed by atoms with Gasteiger partial charge in [-0.3, -0.25) is 9.48 Å². The van der Waals surface area contributed by atoms with Crippen molar-refractivity contribution in [3.63, 3.8) is 0 Å². The fourth-order valence-corrected chi connectivity index (χ4v) is 3.22. The molecule has 0 aliphatic carbocycles. The predicted octanol–water partition coefficient (Wildman–Crippen LogP) is 2.94. The van der Waals surface area contributed by atoms with E-state index >= 15 is 0 Å². The molecule has 2 heterocycles. The molecule has 1 saturated heterocycles. The Labute approximate surface area is 159 Å². The Morgan fingerprint density at radius 2 is 2.11 bits per heavy atom. The molecule has 0 bridgehead atoms. The minimum Gasteiger partial charge on any atom is -0.493 e. The second-order valence-electron chi connectivity index (χ2n) is 6.37. The summed E-state index contributed by atoms with van der Waals surface area (Å²) in [5, 5.41) is 4.33. The molecule has 27 heavy (non-hydrogen) atoms. The molecule has 3 rings (SSSR count). The largest absolute Gasteiger partial charge is 0.493 e. The molecule has 146 valence electrons. The Morgan fingerprint density at radius 3 is 2.78 bits per heavy atom. The lowest BCUT2D eigenvalue weighted by Gasteiger charge is -2.19. The number of hydrogen-bond donors (Lipinski definition) is 0. The topological polar surface area (TPSA) is 65.8 Å².